The van der Waals surface area contributed by atoms with Crippen molar-refractivity contribution in [1.29, 1.82) is 0 Å². The van der Waals surface area contributed by atoms with Crippen LogP contribution < -0.4 is 4.57 Å². The van der Waals surface area contributed by atoms with E-state index in [0.29, 0.717) is 5.92 Å². The van der Waals surface area contributed by atoms with Crippen molar-refractivity contribution in [2.24, 2.45) is 13.0 Å². The second-order valence-electron chi connectivity index (χ2n) is 6.04. The molecule has 0 aliphatic heterocycles. The lowest BCUT2D eigenvalue weighted by atomic mass is 9.96. The van der Waals surface area contributed by atoms with Gasteiger partial charge in [-0.05, 0) is 55.5 Å². The zero-order valence-electron chi connectivity index (χ0n) is 13.0. The number of aromatic nitrogens is 1. The second kappa shape index (κ2) is 5.74. The third-order valence-corrected chi connectivity index (χ3v) is 3.68. The van der Waals surface area contributed by atoms with Crippen LogP contribution in [-0.4, -0.2) is 0 Å². The van der Waals surface area contributed by atoms with Crippen LogP contribution in [0.15, 0.2) is 30.5 Å². The average Bonchev–Trinajstić information content (AvgIpc) is 2.33. The zero-order valence-corrected chi connectivity index (χ0v) is 13.0. The summed E-state index contributed by atoms with van der Waals surface area (Å²) in [5.74, 6) is 0.451. The number of nitrogens with zero attached hydrogens (tertiary/aromatic N) is 1. The first-order valence-electron chi connectivity index (χ1n) is 7.14. The predicted molar refractivity (Wildman–Crippen MR) is 81.0 cm³/mol. The van der Waals surface area contributed by atoms with Gasteiger partial charge in [-0.3, -0.25) is 0 Å². The van der Waals surface area contributed by atoms with Crippen LogP contribution in [0.25, 0.3) is 11.3 Å². The molecule has 0 amide bonds. The summed E-state index contributed by atoms with van der Waals surface area (Å²) in [5, 5.41) is 0. The third-order valence-electron chi connectivity index (χ3n) is 3.68. The molecule has 0 fully saturated rings. The number of benzene rings is 1. The normalized spacial score (nSPS) is 11.2. The molecule has 1 aromatic heterocycles. The van der Waals surface area contributed by atoms with E-state index in [4.69, 9.17) is 0 Å². The highest BCUT2D eigenvalue weighted by atomic mass is 19.1. The number of hydrogen-bond acceptors (Lipinski definition) is 0. The minimum absolute atomic E-state index is 0.177. The van der Waals surface area contributed by atoms with Crippen LogP contribution in [0.4, 0.5) is 4.39 Å². The topological polar surface area (TPSA) is 3.88 Å². The van der Waals surface area contributed by atoms with E-state index in [0.717, 1.165) is 23.2 Å². The molecule has 20 heavy (non-hydrogen) atoms. The Labute approximate surface area is 121 Å². The van der Waals surface area contributed by atoms with Gasteiger partial charge in [0.05, 0.1) is 0 Å². The first kappa shape index (κ1) is 14.7. The van der Waals surface area contributed by atoms with Gasteiger partial charge < -0.3 is 0 Å². The third kappa shape index (κ3) is 3.06. The summed E-state index contributed by atoms with van der Waals surface area (Å²) in [6.45, 7) is 8.57. The Morgan fingerprint density at radius 3 is 2.40 bits per heavy atom. The van der Waals surface area contributed by atoms with Crippen molar-refractivity contribution in [1.82, 2.24) is 0 Å². The fraction of sp³-hybridized carbons (Fsp3) is 0.389. The van der Waals surface area contributed by atoms with Crippen LogP contribution in [-0.2, 0) is 13.5 Å². The summed E-state index contributed by atoms with van der Waals surface area (Å²) in [6, 6.07) is 7.24. The maximum atomic E-state index is 13.3. The van der Waals surface area contributed by atoms with Gasteiger partial charge in [0.2, 0.25) is 5.69 Å². The smallest absolute Gasteiger partial charge is 0.207 e. The van der Waals surface area contributed by atoms with E-state index in [1.165, 1.54) is 17.2 Å². The van der Waals surface area contributed by atoms with E-state index in [-0.39, 0.29) is 5.82 Å². The van der Waals surface area contributed by atoms with Crippen LogP contribution in [0, 0.1) is 25.6 Å². The Kier molecular flexibility index (Phi) is 4.22. The first-order valence-corrected chi connectivity index (χ1v) is 7.14. The first-order chi connectivity index (χ1) is 9.38. The standard InChI is InChI=1S/C18H23FN/c1-12(2)8-15-10-18(20(5)11-14(15)4)17-7-6-16(19)9-13(17)3/h6-7,9-12H,8H2,1-5H3/q+1. The molecule has 2 aromatic rings. The zero-order chi connectivity index (χ0) is 14.9. The molecular weight excluding hydrogens is 249 g/mol. The Morgan fingerprint density at radius 1 is 1.10 bits per heavy atom. The fourth-order valence-corrected chi connectivity index (χ4v) is 2.67. The highest BCUT2D eigenvalue weighted by Gasteiger charge is 2.16. The quantitative estimate of drug-likeness (QED) is 0.740. The maximum absolute atomic E-state index is 13.3. The predicted octanol–water partition coefficient (Wildman–Crippen LogP) is 4.13. The molecule has 1 aromatic carbocycles. The van der Waals surface area contributed by atoms with Crippen molar-refractivity contribution < 1.29 is 8.96 Å². The van der Waals surface area contributed by atoms with Crippen LogP contribution in [0.3, 0.4) is 0 Å². The van der Waals surface area contributed by atoms with E-state index in [1.54, 1.807) is 6.07 Å². The lowest BCUT2D eigenvalue weighted by Gasteiger charge is -2.11. The lowest BCUT2D eigenvalue weighted by molar-refractivity contribution is -0.660. The molecule has 0 aliphatic rings. The Morgan fingerprint density at radius 2 is 1.80 bits per heavy atom. The summed E-state index contributed by atoms with van der Waals surface area (Å²) in [6.07, 6.45) is 3.23. The molecular formula is C18H23FN+. The van der Waals surface area contributed by atoms with Crippen molar-refractivity contribution in [3.05, 3.63) is 53.0 Å². The molecule has 0 unspecified atom stereocenters. The van der Waals surface area contributed by atoms with Gasteiger partial charge in [-0.2, -0.15) is 0 Å². The van der Waals surface area contributed by atoms with Crippen LogP contribution in [0.1, 0.15) is 30.5 Å². The molecule has 2 rings (SSSR count). The van der Waals surface area contributed by atoms with Crippen molar-refractivity contribution >= 4 is 0 Å². The Hall–Kier alpha value is -1.70. The van der Waals surface area contributed by atoms with Gasteiger partial charge in [-0.1, -0.05) is 13.8 Å². The average molecular weight is 272 g/mol. The number of pyridine rings is 1. The van der Waals surface area contributed by atoms with Crippen LogP contribution in [0.2, 0.25) is 0 Å². The molecule has 0 N–H and O–H groups in total. The summed E-state index contributed by atoms with van der Waals surface area (Å²) < 4.78 is 15.4. The number of rotatable bonds is 3. The van der Waals surface area contributed by atoms with Crippen LogP contribution in [0.5, 0.6) is 0 Å². The minimum atomic E-state index is -0.177. The molecule has 0 saturated carbocycles. The highest BCUT2D eigenvalue weighted by Crippen LogP contribution is 2.24. The number of aryl methyl sites for hydroxylation is 3. The van der Waals surface area contributed by atoms with Gasteiger partial charge in [0.25, 0.3) is 0 Å². The van der Waals surface area contributed by atoms with Gasteiger partial charge in [-0.25, -0.2) is 8.96 Å². The van der Waals surface area contributed by atoms with Gasteiger partial charge in [0.1, 0.15) is 12.9 Å². The van der Waals surface area contributed by atoms with E-state index in [1.807, 2.05) is 20.0 Å². The van der Waals surface area contributed by atoms with E-state index in [9.17, 15) is 4.39 Å². The molecule has 106 valence electrons. The summed E-state index contributed by atoms with van der Waals surface area (Å²) in [7, 11) is 2.05. The molecule has 0 atom stereocenters. The molecule has 0 spiro atoms. The molecule has 0 saturated heterocycles. The van der Waals surface area contributed by atoms with Crippen molar-refractivity contribution in [2.75, 3.05) is 0 Å². The van der Waals surface area contributed by atoms with Crippen molar-refractivity contribution in [3.8, 4) is 11.3 Å². The summed E-state index contributed by atoms with van der Waals surface area (Å²) >= 11 is 0. The lowest BCUT2D eigenvalue weighted by Crippen LogP contribution is -2.32. The summed E-state index contributed by atoms with van der Waals surface area (Å²) in [5.41, 5.74) is 5.89. The van der Waals surface area contributed by atoms with Crippen molar-refractivity contribution in [3.63, 3.8) is 0 Å². The minimum Gasteiger partial charge on any atom is -0.207 e. The SMILES string of the molecule is Cc1c[n+](C)c(-c2ccc(F)cc2C)cc1CC(C)C. The van der Waals surface area contributed by atoms with E-state index >= 15 is 0 Å². The van der Waals surface area contributed by atoms with Gasteiger partial charge in [-0.15, -0.1) is 0 Å². The van der Waals surface area contributed by atoms with Gasteiger partial charge >= 0.3 is 0 Å². The van der Waals surface area contributed by atoms with Gasteiger partial charge in [0.15, 0.2) is 6.20 Å². The number of halogens is 1. The Balaban J connectivity index is 2.55. The fourth-order valence-electron chi connectivity index (χ4n) is 2.67. The molecule has 0 bridgehead atoms. The maximum Gasteiger partial charge on any atom is 0.212 e. The molecule has 2 heteroatoms. The molecule has 1 nitrogen and oxygen atoms in total. The largest absolute Gasteiger partial charge is 0.212 e. The molecule has 1 heterocycles. The van der Waals surface area contributed by atoms with Crippen LogP contribution >= 0.6 is 0 Å². The van der Waals surface area contributed by atoms with E-state index < -0.39 is 0 Å². The number of hydrogen-bond donors (Lipinski definition) is 0. The molecule has 0 radical (unpaired) electrons. The second-order valence-corrected chi connectivity index (χ2v) is 6.04. The van der Waals surface area contributed by atoms with Gasteiger partial charge in [0, 0.05) is 17.2 Å². The monoisotopic (exact) mass is 272 g/mol. The molecule has 0 aliphatic carbocycles. The van der Waals surface area contributed by atoms with Crippen molar-refractivity contribution in [2.45, 2.75) is 34.1 Å². The summed E-state index contributed by atoms with van der Waals surface area (Å²) in [4.78, 5) is 0. The van der Waals surface area contributed by atoms with E-state index in [2.05, 4.69) is 37.6 Å². The Bertz CT molecular complexity index is 630. The highest BCUT2D eigenvalue weighted by molar-refractivity contribution is 5.61.